The summed E-state index contributed by atoms with van der Waals surface area (Å²) in [5.41, 5.74) is 16.6. The molecule has 3 aromatic heterocycles. The minimum atomic E-state index is -3.39. The third kappa shape index (κ3) is 7.34. The van der Waals surface area contributed by atoms with Crippen molar-refractivity contribution in [2.24, 2.45) is 20.5 Å². The Morgan fingerprint density at radius 3 is 1.24 bits per heavy atom. The summed E-state index contributed by atoms with van der Waals surface area (Å²) in [6.07, 6.45) is 3.49. The summed E-state index contributed by atoms with van der Waals surface area (Å²) in [7, 11) is -6.78. The van der Waals surface area contributed by atoms with Crippen molar-refractivity contribution in [2.75, 3.05) is 24.0 Å². The lowest BCUT2D eigenvalue weighted by Gasteiger charge is -2.05. The van der Waals surface area contributed by atoms with Gasteiger partial charge in [-0.1, -0.05) is 60.7 Å². The van der Waals surface area contributed by atoms with Gasteiger partial charge in [-0.05, 0) is 48.5 Å². The first-order valence-corrected chi connectivity index (χ1v) is 19.7. The van der Waals surface area contributed by atoms with Gasteiger partial charge in [-0.2, -0.15) is 44.7 Å². The van der Waals surface area contributed by atoms with Crippen LogP contribution in [-0.4, -0.2) is 63.9 Å². The van der Waals surface area contributed by atoms with E-state index in [4.69, 9.17) is 21.7 Å². The van der Waals surface area contributed by atoms with Gasteiger partial charge in [-0.3, -0.25) is 0 Å². The molecule has 17 nitrogen and oxygen atoms in total. The molecule has 0 aliphatic carbocycles. The van der Waals surface area contributed by atoms with Gasteiger partial charge in [-0.15, -0.1) is 10.2 Å². The maximum absolute atomic E-state index is 11.9. The van der Waals surface area contributed by atoms with Gasteiger partial charge in [0.1, 0.15) is 17.7 Å². The molecule has 7 aromatic rings. The van der Waals surface area contributed by atoms with Crippen molar-refractivity contribution >= 4 is 54.1 Å². The van der Waals surface area contributed by atoms with Crippen LogP contribution in [0.2, 0.25) is 0 Å². The third-order valence-corrected chi connectivity index (χ3v) is 10.1. The minimum Gasteiger partial charge on any atom is -0.382 e. The predicted octanol–water partition coefficient (Wildman–Crippen LogP) is 6.38. The molecule has 270 valence electrons. The van der Waals surface area contributed by atoms with Crippen LogP contribution < -0.4 is 11.5 Å². The lowest BCUT2D eigenvalue weighted by Crippen LogP contribution is -2.12. The summed E-state index contributed by atoms with van der Waals surface area (Å²) in [6.45, 7) is 0. The van der Waals surface area contributed by atoms with Gasteiger partial charge in [0, 0.05) is 23.6 Å². The standard InChI is InChI=1S/C35H29N13O4S2/c1-53(49,50)26-17-13-24(14-18-26)41-43-30-28(22-9-5-3-6-10-22)45-47(32(30)36)34-38-21-39-35(40-34)48-33(37)31(29(46-48)23-11-7-4-8-12-23)44-42-25-15-19-27(20-16-25)54(2,51)52/h3-21H,36-37H2,1-2H3. The van der Waals surface area contributed by atoms with E-state index < -0.39 is 19.7 Å². The molecule has 3 heterocycles. The molecule has 0 aliphatic heterocycles. The van der Waals surface area contributed by atoms with Crippen LogP contribution in [0.25, 0.3) is 34.4 Å². The molecule has 0 aliphatic rings. The molecule has 0 atom stereocenters. The second-order valence-electron chi connectivity index (χ2n) is 11.7. The number of anilines is 2. The molecule has 7 rings (SSSR count). The molecule has 4 N–H and O–H groups in total. The highest BCUT2D eigenvalue weighted by molar-refractivity contribution is 7.91. The zero-order valence-corrected chi connectivity index (χ0v) is 30.1. The van der Waals surface area contributed by atoms with E-state index in [1.165, 1.54) is 64.2 Å². The van der Waals surface area contributed by atoms with E-state index in [2.05, 4.69) is 35.4 Å². The fraction of sp³-hybridized carbons (Fsp3) is 0.0571. The van der Waals surface area contributed by atoms with Gasteiger partial charge < -0.3 is 11.5 Å². The Bertz CT molecular complexity index is 2580. The molecule has 0 spiro atoms. The molecular formula is C35H29N13O4S2. The van der Waals surface area contributed by atoms with Crippen LogP contribution in [0.5, 0.6) is 0 Å². The third-order valence-electron chi connectivity index (χ3n) is 7.87. The van der Waals surface area contributed by atoms with Gasteiger partial charge in [0.05, 0.1) is 21.2 Å². The molecule has 0 saturated carbocycles. The minimum absolute atomic E-state index is 0.0129. The molecule has 0 saturated heterocycles. The van der Waals surface area contributed by atoms with Crippen LogP contribution in [0.3, 0.4) is 0 Å². The molecule has 0 fully saturated rings. The average molecular weight is 760 g/mol. The van der Waals surface area contributed by atoms with Crippen LogP contribution in [0.15, 0.2) is 146 Å². The summed E-state index contributed by atoms with van der Waals surface area (Å²) in [4.78, 5) is 13.5. The van der Waals surface area contributed by atoms with Crippen LogP contribution >= 0.6 is 0 Å². The van der Waals surface area contributed by atoms with E-state index in [9.17, 15) is 16.8 Å². The number of azo groups is 2. The van der Waals surface area contributed by atoms with Crippen molar-refractivity contribution in [2.45, 2.75) is 9.79 Å². The van der Waals surface area contributed by atoms with E-state index in [1.54, 1.807) is 0 Å². The van der Waals surface area contributed by atoms with Crippen molar-refractivity contribution in [3.63, 3.8) is 0 Å². The van der Waals surface area contributed by atoms with Crippen molar-refractivity contribution < 1.29 is 16.8 Å². The summed E-state index contributed by atoms with van der Waals surface area (Å²) in [6, 6.07) is 30.2. The Morgan fingerprint density at radius 2 is 0.889 bits per heavy atom. The van der Waals surface area contributed by atoms with Gasteiger partial charge in [0.25, 0.3) is 11.9 Å². The van der Waals surface area contributed by atoms with Crippen molar-refractivity contribution in [3.05, 3.63) is 116 Å². The van der Waals surface area contributed by atoms with E-state index in [-0.39, 0.29) is 44.7 Å². The summed E-state index contributed by atoms with van der Waals surface area (Å²) >= 11 is 0. The van der Waals surface area contributed by atoms with Gasteiger partial charge in [0.15, 0.2) is 42.7 Å². The maximum atomic E-state index is 11.9. The fourth-order valence-electron chi connectivity index (χ4n) is 5.15. The molecule has 4 aromatic carbocycles. The van der Waals surface area contributed by atoms with Crippen LogP contribution in [0, 0.1) is 0 Å². The van der Waals surface area contributed by atoms with Crippen LogP contribution in [0.1, 0.15) is 0 Å². The van der Waals surface area contributed by atoms with Gasteiger partial charge in [-0.25, -0.2) is 16.8 Å². The lowest BCUT2D eigenvalue weighted by atomic mass is 10.1. The van der Waals surface area contributed by atoms with Gasteiger partial charge >= 0.3 is 0 Å². The van der Waals surface area contributed by atoms with Crippen LogP contribution in [0.4, 0.5) is 34.4 Å². The molecular weight excluding hydrogens is 731 g/mol. The molecule has 19 heteroatoms. The smallest absolute Gasteiger partial charge is 0.257 e. The molecule has 0 amide bonds. The maximum Gasteiger partial charge on any atom is 0.257 e. The summed E-state index contributed by atoms with van der Waals surface area (Å²) < 4.78 is 50.2. The largest absolute Gasteiger partial charge is 0.382 e. The van der Waals surface area contributed by atoms with E-state index in [0.717, 1.165) is 12.5 Å². The topological polar surface area (TPSA) is 244 Å². The van der Waals surface area contributed by atoms with E-state index in [1.807, 2.05) is 60.7 Å². The molecule has 0 unspecified atom stereocenters. The van der Waals surface area contributed by atoms with Crippen molar-refractivity contribution in [1.29, 1.82) is 0 Å². The van der Waals surface area contributed by atoms with Crippen LogP contribution in [-0.2, 0) is 19.7 Å². The number of hydrogen-bond donors (Lipinski definition) is 2. The predicted molar refractivity (Wildman–Crippen MR) is 201 cm³/mol. The highest BCUT2D eigenvalue weighted by Gasteiger charge is 2.23. The normalized spacial score (nSPS) is 12.2. The Labute approximate surface area is 308 Å². The van der Waals surface area contributed by atoms with Gasteiger partial charge in [0.2, 0.25) is 0 Å². The first-order valence-electron chi connectivity index (χ1n) is 15.9. The second kappa shape index (κ2) is 14.2. The summed E-state index contributed by atoms with van der Waals surface area (Å²) in [5, 5.41) is 26.8. The quantitative estimate of drug-likeness (QED) is 0.145. The Hall–Kier alpha value is -6.99. The van der Waals surface area contributed by atoms with Crippen molar-refractivity contribution in [3.8, 4) is 34.4 Å². The Kier molecular flexibility index (Phi) is 9.31. The SMILES string of the molecule is CS(=O)(=O)c1ccc(N=Nc2c(-c3ccccc3)nn(-c3ncnc(-n4nc(-c5ccccc5)c(N=Nc5ccc(S(C)(=O)=O)cc5)c4N)n3)c2N)cc1. The number of nitrogen functional groups attached to an aromatic ring is 2. The number of aromatic nitrogens is 7. The Morgan fingerprint density at radius 1 is 0.519 bits per heavy atom. The number of nitrogens with zero attached hydrogens (tertiary/aromatic N) is 11. The molecule has 0 radical (unpaired) electrons. The second-order valence-corrected chi connectivity index (χ2v) is 15.8. The average Bonchev–Trinajstić information content (AvgIpc) is 3.69. The lowest BCUT2D eigenvalue weighted by molar-refractivity contribution is 0.600. The highest BCUT2D eigenvalue weighted by Crippen LogP contribution is 2.39. The first kappa shape index (κ1) is 35.4. The zero-order chi connectivity index (χ0) is 38.0. The fourth-order valence-corrected chi connectivity index (χ4v) is 6.41. The van der Waals surface area contributed by atoms with Crippen molar-refractivity contribution in [1.82, 2.24) is 34.5 Å². The number of rotatable bonds is 10. The molecule has 54 heavy (non-hydrogen) atoms. The van der Waals surface area contributed by atoms with E-state index >= 15 is 0 Å². The Balaban J connectivity index is 1.29. The number of benzene rings is 4. The number of hydrogen-bond acceptors (Lipinski definition) is 15. The monoisotopic (exact) mass is 759 g/mol. The number of sulfone groups is 2. The number of nitrogens with two attached hydrogens (primary N) is 2. The molecule has 0 bridgehead atoms. The summed E-state index contributed by atoms with van der Waals surface area (Å²) in [5.74, 6) is 0.132. The van der Waals surface area contributed by atoms with E-state index in [0.29, 0.717) is 33.9 Å². The highest BCUT2D eigenvalue weighted by atomic mass is 32.2. The first-order chi connectivity index (χ1) is 25.9. The zero-order valence-electron chi connectivity index (χ0n) is 28.5.